The van der Waals surface area contributed by atoms with Gasteiger partial charge in [0.05, 0.1) is 25.7 Å². The van der Waals surface area contributed by atoms with Gasteiger partial charge in [-0.15, -0.1) is 0 Å². The maximum absolute atomic E-state index is 10.3. The minimum absolute atomic E-state index is 0.223. The highest BCUT2D eigenvalue weighted by atomic mass is 16.5. The Labute approximate surface area is 189 Å². The lowest BCUT2D eigenvalue weighted by atomic mass is 9.69. The molecule has 0 amide bonds. The van der Waals surface area contributed by atoms with Crippen LogP contribution in [-0.4, -0.2) is 62.8 Å². The van der Waals surface area contributed by atoms with E-state index in [1.165, 1.54) is 58.3 Å². The summed E-state index contributed by atoms with van der Waals surface area (Å²) in [5, 5.41) is 10.3. The minimum atomic E-state index is -0.508. The summed E-state index contributed by atoms with van der Waals surface area (Å²) < 4.78 is 10.9. The summed E-state index contributed by atoms with van der Waals surface area (Å²) in [6.45, 7) is 10.4. The van der Waals surface area contributed by atoms with Crippen LogP contribution in [0.4, 0.5) is 0 Å². The van der Waals surface area contributed by atoms with Crippen molar-refractivity contribution in [2.75, 3.05) is 46.9 Å². The molecule has 1 unspecified atom stereocenters. The average molecular weight is 428 g/mol. The van der Waals surface area contributed by atoms with Gasteiger partial charge in [-0.2, -0.15) is 5.26 Å². The molecule has 172 valence electrons. The van der Waals surface area contributed by atoms with Crippen molar-refractivity contribution >= 4 is 0 Å². The highest BCUT2D eigenvalue weighted by Crippen LogP contribution is 2.40. The lowest BCUT2D eigenvalue weighted by Gasteiger charge is -2.40. The molecular formula is C26H41N3O2. The standard InChI is InChI=1S/C26H41N3O2/c1-21(2)26(20-27,22-9-10-24(30-3)25(19-22)31-4)13-8-14-28-17-11-23(12-18-28)29-15-6-5-7-16-29/h9-10,19,21,23H,5-8,11-18H2,1-4H3. The van der Waals surface area contributed by atoms with Crippen LogP contribution in [0.25, 0.3) is 0 Å². The van der Waals surface area contributed by atoms with Crippen LogP contribution in [-0.2, 0) is 5.41 Å². The summed E-state index contributed by atoms with van der Waals surface area (Å²) in [6.07, 6.45) is 8.65. The van der Waals surface area contributed by atoms with E-state index in [0.29, 0.717) is 11.5 Å². The molecule has 2 saturated heterocycles. The molecule has 1 aromatic rings. The Morgan fingerprint density at radius 3 is 2.29 bits per heavy atom. The summed E-state index contributed by atoms with van der Waals surface area (Å²) in [5.74, 6) is 1.62. The van der Waals surface area contributed by atoms with Crippen LogP contribution in [0.5, 0.6) is 11.5 Å². The van der Waals surface area contributed by atoms with Crippen molar-refractivity contribution < 1.29 is 9.47 Å². The molecule has 2 fully saturated rings. The van der Waals surface area contributed by atoms with Crippen LogP contribution in [0.3, 0.4) is 0 Å². The van der Waals surface area contributed by atoms with Crippen molar-refractivity contribution in [2.45, 2.75) is 70.3 Å². The molecule has 0 bridgehead atoms. The van der Waals surface area contributed by atoms with Crippen molar-refractivity contribution in [3.8, 4) is 17.6 Å². The number of likely N-dealkylation sites (tertiary alicyclic amines) is 2. The lowest BCUT2D eigenvalue weighted by Crippen LogP contribution is -2.47. The van der Waals surface area contributed by atoms with Gasteiger partial charge in [-0.05, 0) is 94.9 Å². The Hall–Kier alpha value is -1.77. The molecule has 2 aliphatic rings. The van der Waals surface area contributed by atoms with Gasteiger partial charge in [0.25, 0.3) is 0 Å². The second-order valence-corrected chi connectivity index (χ2v) is 9.58. The molecule has 2 heterocycles. The van der Waals surface area contributed by atoms with E-state index in [4.69, 9.17) is 9.47 Å². The SMILES string of the molecule is COc1ccc(C(C#N)(CCCN2CCC(N3CCCCC3)CC2)C(C)C)cc1OC. The van der Waals surface area contributed by atoms with E-state index in [2.05, 4.69) is 29.7 Å². The number of hydrogen-bond donors (Lipinski definition) is 0. The molecule has 0 spiro atoms. The molecule has 1 atom stereocenters. The van der Waals surface area contributed by atoms with Crippen LogP contribution in [0.1, 0.15) is 64.4 Å². The fourth-order valence-electron chi connectivity index (χ4n) is 5.50. The van der Waals surface area contributed by atoms with Gasteiger partial charge in [-0.25, -0.2) is 0 Å². The van der Waals surface area contributed by atoms with E-state index >= 15 is 0 Å². The second kappa shape index (κ2) is 11.2. The van der Waals surface area contributed by atoms with E-state index in [0.717, 1.165) is 31.0 Å². The Kier molecular flexibility index (Phi) is 8.63. The van der Waals surface area contributed by atoms with E-state index in [9.17, 15) is 5.26 Å². The maximum Gasteiger partial charge on any atom is 0.161 e. The first-order chi connectivity index (χ1) is 15.0. The first-order valence-electron chi connectivity index (χ1n) is 12.1. The van der Waals surface area contributed by atoms with Gasteiger partial charge < -0.3 is 19.3 Å². The summed E-state index contributed by atoms with van der Waals surface area (Å²) in [4.78, 5) is 5.34. The number of piperidine rings is 2. The van der Waals surface area contributed by atoms with Gasteiger partial charge in [0.15, 0.2) is 11.5 Å². The fourth-order valence-corrected chi connectivity index (χ4v) is 5.50. The van der Waals surface area contributed by atoms with Gasteiger partial charge in [0, 0.05) is 6.04 Å². The quantitative estimate of drug-likeness (QED) is 0.564. The molecule has 3 rings (SSSR count). The fraction of sp³-hybridized carbons (Fsp3) is 0.731. The first kappa shape index (κ1) is 23.9. The van der Waals surface area contributed by atoms with Gasteiger partial charge >= 0.3 is 0 Å². The van der Waals surface area contributed by atoms with Crippen molar-refractivity contribution in [1.82, 2.24) is 9.80 Å². The zero-order valence-electron chi connectivity index (χ0n) is 20.0. The molecule has 0 saturated carbocycles. The van der Waals surface area contributed by atoms with Crippen LogP contribution < -0.4 is 9.47 Å². The number of methoxy groups -OCH3 is 2. The Bertz CT molecular complexity index is 731. The van der Waals surface area contributed by atoms with Crippen molar-refractivity contribution in [3.05, 3.63) is 23.8 Å². The van der Waals surface area contributed by atoms with Crippen molar-refractivity contribution in [1.29, 1.82) is 5.26 Å². The van der Waals surface area contributed by atoms with E-state index in [1.807, 2.05) is 18.2 Å². The van der Waals surface area contributed by atoms with Gasteiger partial charge in [0.2, 0.25) is 0 Å². The molecule has 0 aromatic heterocycles. The molecule has 1 aromatic carbocycles. The predicted octanol–water partition coefficient (Wildman–Crippen LogP) is 4.85. The van der Waals surface area contributed by atoms with E-state index in [-0.39, 0.29) is 5.92 Å². The summed E-state index contributed by atoms with van der Waals surface area (Å²) >= 11 is 0. The van der Waals surface area contributed by atoms with Crippen LogP contribution >= 0.6 is 0 Å². The number of nitriles is 1. The number of rotatable bonds is 9. The van der Waals surface area contributed by atoms with E-state index in [1.54, 1.807) is 14.2 Å². The van der Waals surface area contributed by atoms with Crippen LogP contribution in [0, 0.1) is 17.2 Å². The molecule has 0 radical (unpaired) electrons. The number of ether oxygens (including phenoxy) is 2. The Morgan fingerprint density at radius 1 is 1.03 bits per heavy atom. The van der Waals surface area contributed by atoms with Gasteiger partial charge in [-0.3, -0.25) is 0 Å². The molecule has 2 aliphatic heterocycles. The lowest BCUT2D eigenvalue weighted by molar-refractivity contribution is 0.0909. The topological polar surface area (TPSA) is 48.7 Å². The number of benzene rings is 1. The smallest absolute Gasteiger partial charge is 0.161 e. The van der Waals surface area contributed by atoms with Crippen LogP contribution in [0.2, 0.25) is 0 Å². The number of hydrogen-bond acceptors (Lipinski definition) is 5. The first-order valence-corrected chi connectivity index (χ1v) is 12.1. The van der Waals surface area contributed by atoms with Gasteiger partial charge in [-0.1, -0.05) is 26.3 Å². The zero-order chi connectivity index (χ0) is 22.3. The summed E-state index contributed by atoms with van der Waals surface area (Å²) in [5.41, 5.74) is 0.525. The van der Waals surface area contributed by atoms with Crippen LogP contribution in [0.15, 0.2) is 18.2 Å². The molecule has 0 aliphatic carbocycles. The average Bonchev–Trinajstić information content (AvgIpc) is 2.82. The molecule has 31 heavy (non-hydrogen) atoms. The number of nitrogens with zero attached hydrogens (tertiary/aromatic N) is 3. The Morgan fingerprint density at radius 2 is 1.71 bits per heavy atom. The summed E-state index contributed by atoms with van der Waals surface area (Å²) in [7, 11) is 3.30. The Balaban J connectivity index is 1.58. The normalized spacial score (nSPS) is 20.9. The molecular weight excluding hydrogens is 386 g/mol. The van der Waals surface area contributed by atoms with Crippen molar-refractivity contribution in [3.63, 3.8) is 0 Å². The highest BCUT2D eigenvalue weighted by molar-refractivity contribution is 5.47. The minimum Gasteiger partial charge on any atom is -0.493 e. The largest absolute Gasteiger partial charge is 0.493 e. The van der Waals surface area contributed by atoms with Gasteiger partial charge in [0.1, 0.15) is 0 Å². The second-order valence-electron chi connectivity index (χ2n) is 9.58. The third-order valence-corrected chi connectivity index (χ3v) is 7.59. The van der Waals surface area contributed by atoms with Crippen molar-refractivity contribution in [2.24, 2.45) is 5.92 Å². The maximum atomic E-state index is 10.3. The molecule has 0 N–H and O–H groups in total. The zero-order valence-corrected chi connectivity index (χ0v) is 20.0. The monoisotopic (exact) mass is 427 g/mol. The summed E-state index contributed by atoms with van der Waals surface area (Å²) in [6, 6.07) is 9.43. The molecule has 5 nitrogen and oxygen atoms in total. The molecule has 5 heteroatoms. The third kappa shape index (κ3) is 5.54. The third-order valence-electron chi connectivity index (χ3n) is 7.59. The van der Waals surface area contributed by atoms with E-state index < -0.39 is 5.41 Å². The predicted molar refractivity (Wildman–Crippen MR) is 126 cm³/mol. The highest BCUT2D eigenvalue weighted by Gasteiger charge is 2.36.